The topological polar surface area (TPSA) is 105 Å². The molecule has 0 saturated carbocycles. The van der Waals surface area contributed by atoms with Gasteiger partial charge in [-0.05, 0) is 41.5 Å². The molecule has 2 aromatic rings. The molecule has 242 valence electrons. The van der Waals surface area contributed by atoms with Crippen LogP contribution in [0.1, 0.15) is 133 Å². The van der Waals surface area contributed by atoms with E-state index in [1.54, 1.807) is 0 Å². The van der Waals surface area contributed by atoms with Crippen molar-refractivity contribution in [3.8, 4) is 11.1 Å². The lowest BCUT2D eigenvalue weighted by Crippen LogP contribution is -2.47. The Kier molecular flexibility index (Phi) is 16.4. The Balaban J connectivity index is 1.43. The first kappa shape index (κ1) is 35.1. The summed E-state index contributed by atoms with van der Waals surface area (Å²) in [6.07, 6.45) is 17.0. The third-order valence-corrected chi connectivity index (χ3v) is 8.67. The van der Waals surface area contributed by atoms with Gasteiger partial charge in [-0.15, -0.1) is 0 Å². The Morgan fingerprint density at radius 2 is 1.25 bits per heavy atom. The highest BCUT2D eigenvalue weighted by molar-refractivity contribution is 5.85. The van der Waals surface area contributed by atoms with Crippen molar-refractivity contribution in [2.45, 2.75) is 128 Å². The molecule has 0 saturated heterocycles. The van der Waals surface area contributed by atoms with E-state index in [1.807, 2.05) is 24.3 Å². The number of aliphatic carboxylic acids is 1. The summed E-state index contributed by atoms with van der Waals surface area (Å²) < 4.78 is 5.73. The van der Waals surface area contributed by atoms with E-state index in [4.69, 9.17) is 9.84 Å². The van der Waals surface area contributed by atoms with Crippen LogP contribution in [-0.4, -0.2) is 42.3 Å². The fraction of sp³-hybridized carbons (Fsp3) is 0.595. The van der Waals surface area contributed by atoms with Crippen molar-refractivity contribution in [2.75, 3.05) is 13.2 Å². The van der Waals surface area contributed by atoms with Crippen LogP contribution >= 0.6 is 0 Å². The summed E-state index contributed by atoms with van der Waals surface area (Å²) in [7, 11) is 0. The van der Waals surface area contributed by atoms with E-state index < -0.39 is 18.1 Å². The van der Waals surface area contributed by atoms with Gasteiger partial charge in [-0.25, -0.2) is 4.79 Å². The van der Waals surface area contributed by atoms with Crippen molar-refractivity contribution in [1.82, 2.24) is 10.6 Å². The molecule has 7 heteroatoms. The van der Waals surface area contributed by atoms with Crippen molar-refractivity contribution in [3.05, 3.63) is 59.7 Å². The van der Waals surface area contributed by atoms with Gasteiger partial charge in [0.05, 0.1) is 0 Å². The van der Waals surface area contributed by atoms with E-state index in [0.717, 1.165) is 36.8 Å². The van der Waals surface area contributed by atoms with Gasteiger partial charge in [-0.1, -0.05) is 139 Å². The number of alkyl carbamates (subject to hydrolysis) is 1. The minimum Gasteiger partial charge on any atom is -0.481 e. The monoisotopic (exact) mass is 606 g/mol. The van der Waals surface area contributed by atoms with Gasteiger partial charge in [0.2, 0.25) is 5.91 Å². The second-order valence-corrected chi connectivity index (χ2v) is 12.2. The van der Waals surface area contributed by atoms with E-state index in [9.17, 15) is 14.4 Å². The van der Waals surface area contributed by atoms with Crippen LogP contribution in [-0.2, 0) is 14.3 Å². The average Bonchev–Trinajstić information content (AvgIpc) is 3.35. The maximum atomic E-state index is 13.1. The quantitative estimate of drug-likeness (QED) is 0.110. The lowest BCUT2D eigenvalue weighted by molar-refractivity contribution is -0.137. The largest absolute Gasteiger partial charge is 0.481 e. The van der Waals surface area contributed by atoms with Gasteiger partial charge in [-0.2, -0.15) is 0 Å². The minimum atomic E-state index is -0.802. The number of ether oxygens (including phenoxy) is 1. The Morgan fingerprint density at radius 3 is 1.82 bits per heavy atom. The normalized spacial score (nSPS) is 12.8. The van der Waals surface area contributed by atoms with E-state index in [1.165, 1.54) is 68.9 Å². The van der Waals surface area contributed by atoms with Gasteiger partial charge in [0.25, 0.3) is 0 Å². The maximum Gasteiger partial charge on any atom is 0.407 e. The predicted molar refractivity (Wildman–Crippen MR) is 177 cm³/mol. The second-order valence-electron chi connectivity index (χ2n) is 12.2. The smallest absolute Gasteiger partial charge is 0.407 e. The minimum absolute atomic E-state index is 0.0393. The molecule has 2 aromatic carbocycles. The summed E-state index contributed by atoms with van der Waals surface area (Å²) in [6, 6.07) is 15.8. The predicted octanol–water partition coefficient (Wildman–Crippen LogP) is 8.75. The molecule has 0 radical (unpaired) electrons. The number of benzene rings is 2. The highest BCUT2D eigenvalue weighted by atomic mass is 16.5. The zero-order valence-corrected chi connectivity index (χ0v) is 26.8. The number of amides is 2. The Morgan fingerprint density at radius 1 is 0.727 bits per heavy atom. The molecule has 0 heterocycles. The van der Waals surface area contributed by atoms with E-state index >= 15 is 0 Å². The van der Waals surface area contributed by atoms with Gasteiger partial charge >= 0.3 is 12.1 Å². The van der Waals surface area contributed by atoms with Crippen molar-refractivity contribution < 1.29 is 24.2 Å². The number of carbonyl (C=O) groups is 3. The maximum absolute atomic E-state index is 13.1. The SMILES string of the molecule is CCCCCCCCCCCCCCC(NC(=O)OCC1c2ccccc2-c2ccccc21)C(=O)NCCCCCC(=O)O. The van der Waals surface area contributed by atoms with Crippen LogP contribution in [0.5, 0.6) is 0 Å². The molecule has 3 N–H and O–H groups in total. The van der Waals surface area contributed by atoms with Crippen LogP contribution in [0.4, 0.5) is 4.79 Å². The van der Waals surface area contributed by atoms with Gasteiger partial charge in [0.15, 0.2) is 0 Å². The molecule has 3 rings (SSSR count). The van der Waals surface area contributed by atoms with Gasteiger partial charge in [0, 0.05) is 18.9 Å². The molecule has 0 bridgehead atoms. The second kappa shape index (κ2) is 20.6. The fourth-order valence-electron chi connectivity index (χ4n) is 6.15. The molecule has 2 amide bonds. The molecule has 0 spiro atoms. The van der Waals surface area contributed by atoms with Crippen LogP contribution in [0.3, 0.4) is 0 Å². The molecule has 1 atom stereocenters. The number of rotatable bonds is 23. The van der Waals surface area contributed by atoms with Crippen molar-refractivity contribution in [3.63, 3.8) is 0 Å². The third kappa shape index (κ3) is 12.3. The van der Waals surface area contributed by atoms with E-state index in [0.29, 0.717) is 25.8 Å². The van der Waals surface area contributed by atoms with E-state index in [2.05, 4.69) is 41.8 Å². The van der Waals surface area contributed by atoms with Crippen molar-refractivity contribution in [1.29, 1.82) is 0 Å². The Hall–Kier alpha value is -3.35. The summed E-state index contributed by atoms with van der Waals surface area (Å²) >= 11 is 0. The highest BCUT2D eigenvalue weighted by Crippen LogP contribution is 2.44. The third-order valence-electron chi connectivity index (χ3n) is 8.67. The first-order valence-electron chi connectivity index (χ1n) is 17.1. The van der Waals surface area contributed by atoms with Crippen LogP contribution < -0.4 is 10.6 Å². The molecule has 0 aliphatic heterocycles. The highest BCUT2D eigenvalue weighted by Gasteiger charge is 2.29. The van der Waals surface area contributed by atoms with Gasteiger partial charge < -0.3 is 20.5 Å². The van der Waals surface area contributed by atoms with Crippen LogP contribution in [0.2, 0.25) is 0 Å². The van der Waals surface area contributed by atoms with Gasteiger partial charge in [-0.3, -0.25) is 9.59 Å². The number of carbonyl (C=O) groups excluding carboxylic acids is 2. The summed E-state index contributed by atoms with van der Waals surface area (Å²) in [4.78, 5) is 36.8. The molecular formula is C37H54N2O5. The lowest BCUT2D eigenvalue weighted by atomic mass is 9.98. The molecule has 44 heavy (non-hydrogen) atoms. The molecule has 1 unspecified atom stereocenters. The number of hydrogen-bond donors (Lipinski definition) is 3. The van der Waals surface area contributed by atoms with Crippen molar-refractivity contribution in [2.24, 2.45) is 0 Å². The number of unbranched alkanes of at least 4 members (excludes halogenated alkanes) is 13. The van der Waals surface area contributed by atoms with Crippen LogP contribution in [0.15, 0.2) is 48.5 Å². The number of carboxylic acid groups (broad SMARTS) is 1. The average molecular weight is 607 g/mol. The summed E-state index contributed by atoms with van der Waals surface area (Å²) in [5.41, 5.74) is 4.64. The molecule has 0 aromatic heterocycles. The zero-order valence-electron chi connectivity index (χ0n) is 26.8. The Labute approximate surface area is 264 Å². The van der Waals surface area contributed by atoms with Gasteiger partial charge in [0.1, 0.15) is 12.6 Å². The fourth-order valence-corrected chi connectivity index (χ4v) is 6.15. The van der Waals surface area contributed by atoms with Crippen LogP contribution in [0.25, 0.3) is 11.1 Å². The first-order chi connectivity index (χ1) is 21.5. The first-order valence-corrected chi connectivity index (χ1v) is 17.1. The Bertz CT molecular complexity index is 1100. The molecule has 7 nitrogen and oxygen atoms in total. The summed E-state index contributed by atoms with van der Waals surface area (Å²) in [5.74, 6) is -1.05. The van der Waals surface area contributed by atoms with Crippen molar-refractivity contribution >= 4 is 18.0 Å². The van der Waals surface area contributed by atoms with Crippen LogP contribution in [0, 0.1) is 0 Å². The van der Waals surface area contributed by atoms with E-state index in [-0.39, 0.29) is 24.9 Å². The molecule has 0 fully saturated rings. The number of nitrogens with one attached hydrogen (secondary N) is 2. The number of carboxylic acids is 1. The number of hydrogen-bond acceptors (Lipinski definition) is 4. The molecule has 1 aliphatic carbocycles. The zero-order chi connectivity index (χ0) is 31.4. The summed E-state index contributed by atoms with van der Waals surface area (Å²) in [5, 5.41) is 14.6. The molecular weight excluding hydrogens is 552 g/mol. The molecule has 1 aliphatic rings. The number of fused-ring (bicyclic) bond motifs is 3. The lowest BCUT2D eigenvalue weighted by Gasteiger charge is -2.20. The summed E-state index contributed by atoms with van der Waals surface area (Å²) in [6.45, 7) is 2.91. The standard InChI is InChI=1S/C37H54N2O5/c1-2-3-4-5-6-7-8-9-10-11-12-14-25-34(36(42)38-27-20-13-15-26-35(40)41)39-37(43)44-28-33-31-23-18-16-21-29(31)30-22-17-19-24-32(30)33/h16-19,21-24,33-34H,2-15,20,25-28H2,1H3,(H,38,42)(H,39,43)(H,40,41).